The van der Waals surface area contributed by atoms with Crippen molar-refractivity contribution in [1.29, 1.82) is 0 Å². The molecule has 0 amide bonds. The number of rotatable bonds is 3. The SMILES string of the molecule is COc1cc(C(O)c2nccn2C)ncn1. The molecule has 2 aromatic rings. The summed E-state index contributed by atoms with van der Waals surface area (Å²) in [6.07, 6.45) is 3.85. The largest absolute Gasteiger partial charge is 0.481 e. The molecular weight excluding hydrogens is 208 g/mol. The van der Waals surface area contributed by atoms with Crippen LogP contribution in [0.5, 0.6) is 5.88 Å². The molecule has 6 heteroatoms. The van der Waals surface area contributed by atoms with Crippen LogP contribution in [0.3, 0.4) is 0 Å². The van der Waals surface area contributed by atoms with Gasteiger partial charge in [-0.05, 0) is 0 Å². The van der Waals surface area contributed by atoms with Gasteiger partial charge < -0.3 is 14.4 Å². The molecule has 0 aliphatic heterocycles. The third-order valence-corrected chi connectivity index (χ3v) is 2.26. The maximum atomic E-state index is 10.1. The topological polar surface area (TPSA) is 73.1 Å². The molecule has 0 saturated carbocycles. The third-order valence-electron chi connectivity index (χ3n) is 2.26. The first kappa shape index (κ1) is 10.6. The number of aryl methyl sites for hydroxylation is 1. The molecule has 0 aromatic carbocycles. The minimum Gasteiger partial charge on any atom is -0.481 e. The lowest BCUT2D eigenvalue weighted by molar-refractivity contribution is 0.200. The zero-order valence-electron chi connectivity index (χ0n) is 9.03. The van der Waals surface area contributed by atoms with Gasteiger partial charge in [-0.2, -0.15) is 0 Å². The Morgan fingerprint density at radius 2 is 2.19 bits per heavy atom. The second-order valence-electron chi connectivity index (χ2n) is 3.28. The number of aliphatic hydroxyl groups is 1. The number of nitrogens with zero attached hydrogens (tertiary/aromatic N) is 4. The van der Waals surface area contributed by atoms with Crippen LogP contribution in [0.2, 0.25) is 0 Å². The Hall–Kier alpha value is -1.95. The smallest absolute Gasteiger partial charge is 0.216 e. The maximum absolute atomic E-state index is 10.1. The summed E-state index contributed by atoms with van der Waals surface area (Å²) >= 11 is 0. The van der Waals surface area contributed by atoms with Gasteiger partial charge in [-0.15, -0.1) is 0 Å². The number of ether oxygens (including phenoxy) is 1. The Morgan fingerprint density at radius 3 is 2.81 bits per heavy atom. The van der Waals surface area contributed by atoms with Gasteiger partial charge in [-0.3, -0.25) is 0 Å². The van der Waals surface area contributed by atoms with Crippen LogP contribution in [-0.4, -0.2) is 31.7 Å². The fourth-order valence-electron chi connectivity index (χ4n) is 1.39. The summed E-state index contributed by atoms with van der Waals surface area (Å²) in [4.78, 5) is 11.9. The summed E-state index contributed by atoms with van der Waals surface area (Å²) in [6, 6.07) is 1.58. The highest BCUT2D eigenvalue weighted by Crippen LogP contribution is 2.19. The highest BCUT2D eigenvalue weighted by atomic mass is 16.5. The molecule has 84 valence electrons. The molecule has 0 fully saturated rings. The van der Waals surface area contributed by atoms with Crippen molar-refractivity contribution < 1.29 is 9.84 Å². The Balaban J connectivity index is 2.33. The molecule has 2 rings (SSSR count). The van der Waals surface area contributed by atoms with Crippen LogP contribution in [0.1, 0.15) is 17.6 Å². The van der Waals surface area contributed by atoms with Gasteiger partial charge in [-0.25, -0.2) is 15.0 Å². The molecule has 1 N–H and O–H groups in total. The van der Waals surface area contributed by atoms with Crippen LogP contribution in [0.15, 0.2) is 24.8 Å². The number of hydrogen-bond donors (Lipinski definition) is 1. The molecule has 2 heterocycles. The quantitative estimate of drug-likeness (QED) is 0.805. The minimum atomic E-state index is -0.878. The predicted octanol–water partition coefficient (Wildman–Crippen LogP) is 0.300. The molecule has 6 nitrogen and oxygen atoms in total. The van der Waals surface area contributed by atoms with Gasteiger partial charge >= 0.3 is 0 Å². The van der Waals surface area contributed by atoms with Crippen LogP contribution < -0.4 is 4.74 Å². The van der Waals surface area contributed by atoms with E-state index in [1.165, 1.54) is 13.4 Å². The second-order valence-corrected chi connectivity index (χ2v) is 3.28. The van der Waals surface area contributed by atoms with E-state index in [0.717, 1.165) is 0 Å². The lowest BCUT2D eigenvalue weighted by atomic mass is 10.2. The fraction of sp³-hybridized carbons (Fsp3) is 0.300. The van der Waals surface area contributed by atoms with Crippen LogP contribution in [0, 0.1) is 0 Å². The van der Waals surface area contributed by atoms with E-state index in [1.807, 2.05) is 7.05 Å². The van der Waals surface area contributed by atoms with E-state index < -0.39 is 6.10 Å². The minimum absolute atomic E-state index is 0.415. The van der Waals surface area contributed by atoms with E-state index in [-0.39, 0.29) is 0 Å². The number of imidazole rings is 1. The zero-order valence-corrected chi connectivity index (χ0v) is 9.03. The van der Waals surface area contributed by atoms with Gasteiger partial charge in [-0.1, -0.05) is 0 Å². The van der Waals surface area contributed by atoms with E-state index >= 15 is 0 Å². The van der Waals surface area contributed by atoms with E-state index in [4.69, 9.17) is 4.74 Å². The van der Waals surface area contributed by atoms with Crippen molar-refractivity contribution in [1.82, 2.24) is 19.5 Å². The Labute approximate surface area is 92.6 Å². The molecule has 0 bridgehead atoms. The molecule has 0 radical (unpaired) electrons. The molecule has 0 aliphatic carbocycles. The predicted molar refractivity (Wildman–Crippen MR) is 55.9 cm³/mol. The normalized spacial score (nSPS) is 12.4. The summed E-state index contributed by atoms with van der Waals surface area (Å²) in [5, 5.41) is 10.1. The zero-order chi connectivity index (χ0) is 11.5. The van der Waals surface area contributed by atoms with Crippen LogP contribution in [0.4, 0.5) is 0 Å². The Morgan fingerprint density at radius 1 is 1.38 bits per heavy atom. The van der Waals surface area contributed by atoms with Crippen molar-refractivity contribution in [2.24, 2.45) is 7.05 Å². The summed E-state index contributed by atoms with van der Waals surface area (Å²) < 4.78 is 6.70. The molecule has 0 spiro atoms. The number of aliphatic hydroxyl groups excluding tert-OH is 1. The standard InChI is InChI=1S/C10H12N4O2/c1-14-4-3-11-10(14)9(15)7-5-8(16-2)13-6-12-7/h3-6,9,15H,1-2H3. The maximum Gasteiger partial charge on any atom is 0.216 e. The second kappa shape index (κ2) is 4.28. The fourth-order valence-corrected chi connectivity index (χ4v) is 1.39. The summed E-state index contributed by atoms with van der Waals surface area (Å²) in [5.74, 6) is 0.944. The monoisotopic (exact) mass is 220 g/mol. The van der Waals surface area contributed by atoms with E-state index in [1.54, 1.807) is 23.0 Å². The molecule has 0 saturated heterocycles. The molecule has 2 aromatic heterocycles. The van der Waals surface area contributed by atoms with Crippen molar-refractivity contribution >= 4 is 0 Å². The summed E-state index contributed by atoms with van der Waals surface area (Å²) in [5.41, 5.74) is 0.459. The van der Waals surface area contributed by atoms with Gasteiger partial charge in [0.05, 0.1) is 12.8 Å². The molecule has 0 aliphatic rings. The van der Waals surface area contributed by atoms with Gasteiger partial charge in [0, 0.05) is 25.5 Å². The van der Waals surface area contributed by atoms with Crippen LogP contribution >= 0.6 is 0 Å². The molecular formula is C10H12N4O2. The van der Waals surface area contributed by atoms with Gasteiger partial charge in [0.25, 0.3) is 0 Å². The number of hydrogen-bond acceptors (Lipinski definition) is 5. The average molecular weight is 220 g/mol. The highest BCUT2D eigenvalue weighted by molar-refractivity contribution is 5.20. The van der Waals surface area contributed by atoms with Crippen molar-refractivity contribution in [3.8, 4) is 5.88 Å². The first-order chi connectivity index (χ1) is 7.72. The third kappa shape index (κ3) is 1.87. The first-order valence-electron chi connectivity index (χ1n) is 4.73. The van der Waals surface area contributed by atoms with Crippen LogP contribution in [-0.2, 0) is 7.05 Å². The van der Waals surface area contributed by atoms with E-state index in [9.17, 15) is 5.11 Å². The van der Waals surface area contributed by atoms with E-state index in [0.29, 0.717) is 17.4 Å². The molecule has 1 atom stereocenters. The van der Waals surface area contributed by atoms with Crippen molar-refractivity contribution in [2.75, 3.05) is 7.11 Å². The van der Waals surface area contributed by atoms with Gasteiger partial charge in [0.1, 0.15) is 12.2 Å². The van der Waals surface area contributed by atoms with Crippen molar-refractivity contribution in [3.05, 3.63) is 36.3 Å². The highest BCUT2D eigenvalue weighted by Gasteiger charge is 2.16. The van der Waals surface area contributed by atoms with Crippen LogP contribution in [0.25, 0.3) is 0 Å². The number of aromatic nitrogens is 4. The Bertz CT molecular complexity index is 483. The molecule has 1 unspecified atom stereocenters. The first-order valence-corrected chi connectivity index (χ1v) is 4.73. The summed E-state index contributed by atoms with van der Waals surface area (Å²) in [7, 11) is 3.32. The number of methoxy groups -OCH3 is 1. The van der Waals surface area contributed by atoms with Crippen molar-refractivity contribution in [3.63, 3.8) is 0 Å². The Kier molecular flexibility index (Phi) is 2.82. The van der Waals surface area contributed by atoms with Gasteiger partial charge in [0.15, 0.2) is 6.10 Å². The lowest BCUT2D eigenvalue weighted by Crippen LogP contribution is -2.09. The van der Waals surface area contributed by atoms with Crippen molar-refractivity contribution in [2.45, 2.75) is 6.10 Å². The van der Waals surface area contributed by atoms with E-state index in [2.05, 4.69) is 15.0 Å². The van der Waals surface area contributed by atoms with Gasteiger partial charge in [0.2, 0.25) is 5.88 Å². The summed E-state index contributed by atoms with van der Waals surface area (Å²) in [6.45, 7) is 0. The average Bonchev–Trinajstić information content (AvgIpc) is 2.74. The lowest BCUT2D eigenvalue weighted by Gasteiger charge is -2.10. The molecule has 16 heavy (non-hydrogen) atoms.